The second-order valence-electron chi connectivity index (χ2n) is 6.81. The monoisotopic (exact) mass is 344 g/mol. The summed E-state index contributed by atoms with van der Waals surface area (Å²) in [6.07, 6.45) is 3.47. The van der Waals surface area contributed by atoms with Crippen molar-refractivity contribution in [2.45, 2.75) is 39.7 Å². The molecule has 25 heavy (non-hydrogen) atoms. The summed E-state index contributed by atoms with van der Waals surface area (Å²) in [5.41, 5.74) is 1.79. The number of carbonyl (C=O) groups is 2. The molecule has 5 heteroatoms. The van der Waals surface area contributed by atoms with Gasteiger partial charge in [0.15, 0.2) is 0 Å². The van der Waals surface area contributed by atoms with Crippen LogP contribution in [0.3, 0.4) is 0 Å². The molecule has 136 valence electrons. The maximum Gasteiger partial charge on any atom is 0.246 e. The van der Waals surface area contributed by atoms with Crippen molar-refractivity contribution in [3.05, 3.63) is 35.9 Å². The predicted octanol–water partition coefficient (Wildman–Crippen LogP) is 2.86. The number of para-hydroxylation sites is 1. The third-order valence-corrected chi connectivity index (χ3v) is 4.48. The summed E-state index contributed by atoms with van der Waals surface area (Å²) in [6, 6.07) is 7.70. The van der Waals surface area contributed by atoms with E-state index in [2.05, 4.69) is 5.32 Å². The minimum Gasteiger partial charge on any atom is -0.496 e. The van der Waals surface area contributed by atoms with Crippen LogP contribution in [-0.2, 0) is 9.59 Å². The molecule has 0 aliphatic carbocycles. The minimum absolute atomic E-state index is 0.0214. The van der Waals surface area contributed by atoms with Crippen LogP contribution >= 0.6 is 0 Å². The van der Waals surface area contributed by atoms with Gasteiger partial charge < -0.3 is 15.0 Å². The van der Waals surface area contributed by atoms with Gasteiger partial charge in [0, 0.05) is 36.7 Å². The van der Waals surface area contributed by atoms with E-state index in [1.807, 2.05) is 49.9 Å². The summed E-state index contributed by atoms with van der Waals surface area (Å²) >= 11 is 0. The number of methoxy groups -OCH3 is 1. The van der Waals surface area contributed by atoms with E-state index < -0.39 is 0 Å². The molecule has 0 bridgehead atoms. The second kappa shape index (κ2) is 8.70. The van der Waals surface area contributed by atoms with Crippen LogP contribution in [0.5, 0.6) is 5.75 Å². The van der Waals surface area contributed by atoms with Crippen molar-refractivity contribution in [1.29, 1.82) is 0 Å². The fourth-order valence-electron chi connectivity index (χ4n) is 2.99. The Morgan fingerprint density at radius 1 is 1.32 bits per heavy atom. The topological polar surface area (TPSA) is 58.6 Å². The van der Waals surface area contributed by atoms with Crippen LogP contribution in [0.2, 0.25) is 0 Å². The Labute approximate surface area is 150 Å². The summed E-state index contributed by atoms with van der Waals surface area (Å²) in [5, 5.41) is 3.03. The Morgan fingerprint density at radius 3 is 2.72 bits per heavy atom. The molecule has 1 fully saturated rings. The van der Waals surface area contributed by atoms with Crippen molar-refractivity contribution in [3.63, 3.8) is 0 Å². The van der Waals surface area contributed by atoms with Crippen LogP contribution in [-0.4, -0.2) is 43.0 Å². The number of allylic oxidation sites excluding steroid dienone is 1. The first kappa shape index (κ1) is 19.0. The maximum absolute atomic E-state index is 12.6. The Bertz CT molecular complexity index is 652. The fraction of sp³-hybridized carbons (Fsp3) is 0.500. The normalized spacial score (nSPS) is 18.2. The van der Waals surface area contributed by atoms with Gasteiger partial charge in [-0.05, 0) is 31.4 Å². The van der Waals surface area contributed by atoms with E-state index in [-0.39, 0.29) is 23.8 Å². The van der Waals surface area contributed by atoms with Gasteiger partial charge in [-0.15, -0.1) is 0 Å². The number of piperidine rings is 1. The minimum atomic E-state index is -0.0428. The fourth-order valence-corrected chi connectivity index (χ4v) is 2.99. The Kier molecular flexibility index (Phi) is 6.62. The number of hydrogen-bond donors (Lipinski definition) is 1. The van der Waals surface area contributed by atoms with Gasteiger partial charge >= 0.3 is 0 Å². The summed E-state index contributed by atoms with van der Waals surface area (Å²) in [6.45, 7) is 6.95. The number of rotatable bonds is 5. The second-order valence-corrected chi connectivity index (χ2v) is 6.81. The number of nitrogens with one attached hydrogen (secondary N) is 1. The molecule has 1 aliphatic rings. The van der Waals surface area contributed by atoms with E-state index >= 15 is 0 Å². The van der Waals surface area contributed by atoms with Gasteiger partial charge in [0.05, 0.1) is 7.11 Å². The molecule has 0 spiro atoms. The first-order valence-corrected chi connectivity index (χ1v) is 8.83. The van der Waals surface area contributed by atoms with Crippen molar-refractivity contribution < 1.29 is 14.3 Å². The van der Waals surface area contributed by atoms with Crippen LogP contribution in [0.15, 0.2) is 30.3 Å². The van der Waals surface area contributed by atoms with Crippen molar-refractivity contribution in [1.82, 2.24) is 10.2 Å². The zero-order chi connectivity index (χ0) is 18.4. The average Bonchev–Trinajstić information content (AvgIpc) is 2.61. The molecule has 1 aliphatic heterocycles. The average molecular weight is 344 g/mol. The molecule has 1 aromatic rings. The Morgan fingerprint density at radius 2 is 2.04 bits per heavy atom. The molecule has 2 rings (SSSR count). The van der Waals surface area contributed by atoms with Gasteiger partial charge in [-0.25, -0.2) is 0 Å². The van der Waals surface area contributed by atoms with E-state index in [0.717, 1.165) is 36.3 Å². The molecule has 2 amide bonds. The van der Waals surface area contributed by atoms with E-state index in [4.69, 9.17) is 4.74 Å². The van der Waals surface area contributed by atoms with Crippen molar-refractivity contribution in [3.8, 4) is 5.75 Å². The highest BCUT2D eigenvalue weighted by atomic mass is 16.5. The largest absolute Gasteiger partial charge is 0.496 e. The predicted molar refractivity (Wildman–Crippen MR) is 99.2 cm³/mol. The highest BCUT2D eigenvalue weighted by Gasteiger charge is 2.24. The molecule has 1 aromatic carbocycles. The number of benzene rings is 1. The number of ether oxygens (including phenoxy) is 1. The molecule has 0 saturated carbocycles. The van der Waals surface area contributed by atoms with Crippen LogP contribution in [0, 0.1) is 5.92 Å². The van der Waals surface area contributed by atoms with Gasteiger partial charge in [-0.2, -0.15) is 0 Å². The third kappa shape index (κ3) is 5.08. The summed E-state index contributed by atoms with van der Waals surface area (Å²) < 4.78 is 5.36. The lowest BCUT2D eigenvalue weighted by atomic mass is 10.0. The van der Waals surface area contributed by atoms with Crippen LogP contribution < -0.4 is 10.1 Å². The Balaban J connectivity index is 2.05. The molecule has 1 saturated heterocycles. The lowest BCUT2D eigenvalue weighted by Gasteiger charge is -2.33. The molecular weight excluding hydrogens is 316 g/mol. The number of carbonyl (C=O) groups excluding carboxylic acids is 2. The molecular formula is C20H28N2O3. The van der Waals surface area contributed by atoms with Crippen LogP contribution in [0.4, 0.5) is 0 Å². The summed E-state index contributed by atoms with van der Waals surface area (Å²) in [7, 11) is 1.63. The smallest absolute Gasteiger partial charge is 0.246 e. The number of hydrogen-bond acceptors (Lipinski definition) is 3. The quantitative estimate of drug-likeness (QED) is 0.836. The lowest BCUT2D eigenvalue weighted by molar-refractivity contribution is -0.130. The molecule has 0 radical (unpaired) electrons. The van der Waals surface area contributed by atoms with Gasteiger partial charge in [-0.1, -0.05) is 32.0 Å². The first-order chi connectivity index (χ1) is 11.9. The zero-order valence-corrected chi connectivity index (χ0v) is 15.5. The Hall–Kier alpha value is -2.30. The van der Waals surface area contributed by atoms with Crippen molar-refractivity contribution in [2.24, 2.45) is 5.92 Å². The molecule has 1 atom stereocenters. The van der Waals surface area contributed by atoms with E-state index in [1.54, 1.807) is 13.2 Å². The van der Waals surface area contributed by atoms with Crippen LogP contribution in [0.25, 0.3) is 5.57 Å². The van der Waals surface area contributed by atoms with Gasteiger partial charge in [-0.3, -0.25) is 9.59 Å². The first-order valence-electron chi connectivity index (χ1n) is 8.83. The maximum atomic E-state index is 12.6. The SMILES string of the molecule is COc1ccccc1C(C)=CC(=O)N1CCCC(NC(=O)C(C)C)C1. The molecule has 1 unspecified atom stereocenters. The summed E-state index contributed by atoms with van der Waals surface area (Å²) in [4.78, 5) is 26.3. The molecule has 1 heterocycles. The molecule has 0 aromatic heterocycles. The molecule has 1 N–H and O–H groups in total. The number of likely N-dealkylation sites (tertiary alicyclic amines) is 1. The van der Waals surface area contributed by atoms with Gasteiger partial charge in [0.25, 0.3) is 0 Å². The highest BCUT2D eigenvalue weighted by Crippen LogP contribution is 2.25. The standard InChI is InChI=1S/C20H28N2O3/c1-14(2)20(24)21-16-8-7-11-22(13-16)19(23)12-15(3)17-9-5-6-10-18(17)25-4/h5-6,9-10,12,14,16H,7-8,11,13H2,1-4H3,(H,21,24). The highest BCUT2D eigenvalue weighted by molar-refractivity contribution is 5.95. The third-order valence-electron chi connectivity index (χ3n) is 4.48. The van der Waals surface area contributed by atoms with Gasteiger partial charge in [0.2, 0.25) is 11.8 Å². The molecule has 5 nitrogen and oxygen atoms in total. The number of nitrogens with zero attached hydrogens (tertiary/aromatic N) is 1. The lowest BCUT2D eigenvalue weighted by Crippen LogP contribution is -2.50. The van der Waals surface area contributed by atoms with Crippen LogP contribution in [0.1, 0.15) is 39.2 Å². The van der Waals surface area contributed by atoms with Gasteiger partial charge in [0.1, 0.15) is 5.75 Å². The van der Waals surface area contributed by atoms with E-state index in [9.17, 15) is 9.59 Å². The summed E-state index contributed by atoms with van der Waals surface area (Å²) in [5.74, 6) is 0.732. The van der Waals surface area contributed by atoms with Crippen molar-refractivity contribution in [2.75, 3.05) is 20.2 Å². The zero-order valence-electron chi connectivity index (χ0n) is 15.5. The van der Waals surface area contributed by atoms with Crippen molar-refractivity contribution >= 4 is 17.4 Å². The van der Waals surface area contributed by atoms with E-state index in [1.165, 1.54) is 0 Å². The van der Waals surface area contributed by atoms with E-state index in [0.29, 0.717) is 6.54 Å². The number of amides is 2.